The van der Waals surface area contributed by atoms with Crippen LogP contribution in [0, 0.1) is 0 Å². The van der Waals surface area contributed by atoms with E-state index in [2.05, 4.69) is 24.9 Å². The molecule has 1 aromatic carbocycles. The average molecular weight is 541 g/mol. The van der Waals surface area contributed by atoms with Crippen molar-refractivity contribution in [2.45, 2.75) is 43.2 Å². The molecule has 0 radical (unpaired) electrons. The van der Waals surface area contributed by atoms with Crippen LogP contribution in [0.25, 0.3) is 5.69 Å². The number of hydrogen-bond acceptors (Lipinski definition) is 9. The second-order valence-corrected chi connectivity index (χ2v) is 10.7. The van der Waals surface area contributed by atoms with Crippen LogP contribution in [0.5, 0.6) is 11.5 Å². The first-order valence-corrected chi connectivity index (χ1v) is 12.9. The Labute approximate surface area is 213 Å². The Balaban J connectivity index is 1.76. The smallest absolute Gasteiger partial charge is 0.243 e. The summed E-state index contributed by atoms with van der Waals surface area (Å²) in [5.74, 6) is 0.965. The first-order chi connectivity index (χ1) is 17.2. The Kier molecular flexibility index (Phi) is 7.62. The molecular formula is C22H26ClFN6O5S. The third-order valence-corrected chi connectivity index (χ3v) is 7.95. The van der Waals surface area contributed by atoms with Crippen LogP contribution in [0.2, 0.25) is 5.02 Å². The second kappa shape index (κ2) is 10.5. The van der Waals surface area contributed by atoms with E-state index in [1.165, 1.54) is 45.2 Å². The predicted octanol–water partition coefficient (Wildman–Crippen LogP) is 3.46. The van der Waals surface area contributed by atoms with Crippen molar-refractivity contribution < 1.29 is 27.0 Å². The van der Waals surface area contributed by atoms with E-state index in [0.29, 0.717) is 28.0 Å². The van der Waals surface area contributed by atoms with Gasteiger partial charge in [-0.1, -0.05) is 17.7 Å². The van der Waals surface area contributed by atoms with E-state index >= 15 is 0 Å². The molecule has 1 aliphatic carbocycles. The van der Waals surface area contributed by atoms with Gasteiger partial charge < -0.3 is 14.2 Å². The molecule has 0 spiro atoms. The van der Waals surface area contributed by atoms with E-state index in [-0.39, 0.29) is 30.5 Å². The molecule has 1 N–H and O–H groups in total. The van der Waals surface area contributed by atoms with Gasteiger partial charge in [0.15, 0.2) is 5.82 Å². The van der Waals surface area contributed by atoms with Gasteiger partial charge in [0, 0.05) is 25.4 Å². The number of hydrogen-bond donors (Lipinski definition) is 1. The van der Waals surface area contributed by atoms with E-state index in [9.17, 15) is 12.8 Å². The van der Waals surface area contributed by atoms with Crippen molar-refractivity contribution in [2.24, 2.45) is 0 Å². The van der Waals surface area contributed by atoms with Crippen molar-refractivity contribution in [3.8, 4) is 17.2 Å². The molecule has 2 heterocycles. The van der Waals surface area contributed by atoms with Crippen LogP contribution in [-0.2, 0) is 14.8 Å². The molecule has 0 aliphatic heterocycles. The molecule has 4 rings (SSSR count). The molecule has 1 aliphatic rings. The van der Waals surface area contributed by atoms with Crippen molar-refractivity contribution in [3.63, 3.8) is 0 Å². The highest BCUT2D eigenvalue weighted by molar-refractivity contribution is 7.93. The Morgan fingerprint density at radius 2 is 1.72 bits per heavy atom. The van der Waals surface area contributed by atoms with Crippen LogP contribution >= 0.6 is 11.6 Å². The van der Waals surface area contributed by atoms with Crippen LogP contribution in [0.1, 0.15) is 43.4 Å². The van der Waals surface area contributed by atoms with Crippen LogP contribution in [0.15, 0.2) is 30.6 Å². The fourth-order valence-electron chi connectivity index (χ4n) is 4.02. The Hall–Kier alpha value is -3.03. The molecule has 0 unspecified atom stereocenters. The zero-order valence-corrected chi connectivity index (χ0v) is 21.6. The molecule has 0 amide bonds. The number of sulfonamides is 1. The number of rotatable bonds is 10. The van der Waals surface area contributed by atoms with Crippen molar-refractivity contribution in [1.82, 2.24) is 24.7 Å². The number of para-hydroxylation sites is 1. The highest BCUT2D eigenvalue weighted by Crippen LogP contribution is 2.43. The SMILES string of the molecule is COc1cccc(OC)c1-n1c(NS(=O)(=O)[C@@H](C)[C@H](OC)c2ncc(Cl)cn2)nnc1[C@H]1C[C@H](F)C1. The topological polar surface area (TPSA) is 130 Å². The van der Waals surface area contributed by atoms with E-state index in [0.717, 1.165) is 0 Å². The van der Waals surface area contributed by atoms with Crippen LogP contribution < -0.4 is 14.2 Å². The quantitative estimate of drug-likeness (QED) is 0.410. The summed E-state index contributed by atoms with van der Waals surface area (Å²) < 4.78 is 61.1. The molecule has 0 saturated heterocycles. The number of alkyl halides is 1. The second-order valence-electron chi connectivity index (χ2n) is 8.26. The van der Waals surface area contributed by atoms with Crippen LogP contribution in [0.3, 0.4) is 0 Å². The summed E-state index contributed by atoms with van der Waals surface area (Å²) in [5, 5.41) is 7.48. The lowest BCUT2D eigenvalue weighted by Crippen LogP contribution is -2.33. The van der Waals surface area contributed by atoms with Gasteiger partial charge in [-0.15, -0.1) is 10.2 Å². The predicted molar refractivity (Wildman–Crippen MR) is 130 cm³/mol. The van der Waals surface area contributed by atoms with Gasteiger partial charge in [-0.05, 0) is 31.9 Å². The Morgan fingerprint density at radius 3 is 2.25 bits per heavy atom. The minimum atomic E-state index is -4.13. The molecule has 1 fully saturated rings. The third kappa shape index (κ3) is 4.95. The maximum absolute atomic E-state index is 13.7. The van der Waals surface area contributed by atoms with Crippen molar-refractivity contribution in [2.75, 3.05) is 26.1 Å². The number of ether oxygens (including phenoxy) is 3. The standard InChI is InChI=1S/C22H26ClFN6O5S/c1-12(19(35-4)20-25-10-14(23)11-26-20)36(31,32)29-22-28-27-21(13-8-15(24)9-13)30(22)18-16(33-2)6-5-7-17(18)34-3/h5-7,10-13,15,19H,8-9H2,1-4H3,(H,28,29)/t12-,13-,15-,19-/m0/s1. The number of benzene rings is 1. The van der Waals surface area contributed by atoms with Gasteiger partial charge >= 0.3 is 0 Å². The first-order valence-electron chi connectivity index (χ1n) is 11.0. The van der Waals surface area contributed by atoms with E-state index in [1.807, 2.05) is 0 Å². The van der Waals surface area contributed by atoms with E-state index < -0.39 is 27.5 Å². The molecule has 11 nitrogen and oxygen atoms in total. The molecule has 194 valence electrons. The number of halogens is 2. The maximum Gasteiger partial charge on any atom is 0.243 e. The van der Waals surface area contributed by atoms with Crippen molar-refractivity contribution in [1.29, 1.82) is 0 Å². The van der Waals surface area contributed by atoms with Gasteiger partial charge in [0.2, 0.25) is 16.0 Å². The fraction of sp³-hybridized carbons (Fsp3) is 0.455. The molecule has 3 aromatic rings. The largest absolute Gasteiger partial charge is 0.494 e. The lowest BCUT2D eigenvalue weighted by molar-refractivity contribution is 0.0950. The van der Waals surface area contributed by atoms with Gasteiger partial charge in [-0.25, -0.2) is 22.8 Å². The summed E-state index contributed by atoms with van der Waals surface area (Å²) in [6.07, 6.45) is 1.25. The zero-order valence-electron chi connectivity index (χ0n) is 20.1. The lowest BCUT2D eigenvalue weighted by Gasteiger charge is -2.29. The summed E-state index contributed by atoms with van der Waals surface area (Å²) in [6.45, 7) is 1.46. The number of nitrogens with zero attached hydrogens (tertiary/aromatic N) is 5. The minimum absolute atomic E-state index is 0.103. The molecule has 1 saturated carbocycles. The number of anilines is 1. The molecule has 2 aromatic heterocycles. The van der Waals surface area contributed by atoms with Gasteiger partial charge in [0.05, 0.1) is 19.2 Å². The third-order valence-electron chi connectivity index (χ3n) is 6.06. The summed E-state index contributed by atoms with van der Waals surface area (Å²) in [6, 6.07) is 5.12. The molecule has 0 bridgehead atoms. The lowest BCUT2D eigenvalue weighted by atomic mass is 9.83. The highest BCUT2D eigenvalue weighted by atomic mass is 35.5. The Bertz CT molecular complexity index is 1290. The number of aromatic nitrogens is 5. The summed E-state index contributed by atoms with van der Waals surface area (Å²) in [5.41, 5.74) is 0.388. The van der Waals surface area contributed by atoms with Gasteiger partial charge in [-0.3, -0.25) is 9.29 Å². The van der Waals surface area contributed by atoms with Crippen LogP contribution in [-0.4, -0.2) is 65.9 Å². The summed E-state index contributed by atoms with van der Waals surface area (Å²) >= 11 is 5.86. The number of methoxy groups -OCH3 is 3. The maximum atomic E-state index is 13.7. The monoisotopic (exact) mass is 540 g/mol. The average Bonchev–Trinajstić information content (AvgIpc) is 3.24. The molecule has 36 heavy (non-hydrogen) atoms. The minimum Gasteiger partial charge on any atom is -0.494 e. The summed E-state index contributed by atoms with van der Waals surface area (Å²) in [7, 11) is 0.182. The molecule has 2 atom stereocenters. The van der Waals surface area contributed by atoms with Crippen LogP contribution in [0.4, 0.5) is 10.3 Å². The molecular weight excluding hydrogens is 515 g/mol. The van der Waals surface area contributed by atoms with Gasteiger partial charge in [0.1, 0.15) is 40.5 Å². The van der Waals surface area contributed by atoms with E-state index in [4.69, 9.17) is 25.8 Å². The zero-order chi connectivity index (χ0) is 26.0. The highest BCUT2D eigenvalue weighted by Gasteiger charge is 2.38. The van der Waals surface area contributed by atoms with Crippen molar-refractivity contribution >= 4 is 27.6 Å². The first kappa shape index (κ1) is 26.0. The Morgan fingerprint density at radius 1 is 1.11 bits per heavy atom. The van der Waals surface area contributed by atoms with E-state index in [1.54, 1.807) is 18.2 Å². The number of nitrogens with one attached hydrogen (secondary N) is 1. The van der Waals surface area contributed by atoms with Gasteiger partial charge in [0.25, 0.3) is 0 Å². The molecule has 14 heteroatoms. The summed E-state index contributed by atoms with van der Waals surface area (Å²) in [4.78, 5) is 8.19. The fourth-order valence-corrected chi connectivity index (χ4v) is 5.25. The van der Waals surface area contributed by atoms with Crippen molar-refractivity contribution in [3.05, 3.63) is 47.3 Å². The normalized spacial score (nSPS) is 19.3. The van der Waals surface area contributed by atoms with Gasteiger partial charge in [-0.2, -0.15) is 0 Å².